The highest BCUT2D eigenvalue weighted by Gasteiger charge is 2.68. The van der Waals surface area contributed by atoms with Crippen LogP contribution in [0.3, 0.4) is 0 Å². The van der Waals surface area contributed by atoms with Gasteiger partial charge in [-0.3, -0.25) is 24.1 Å². The Labute approximate surface area is 263 Å². The number of halogens is 1. The molecule has 0 spiro atoms. The van der Waals surface area contributed by atoms with E-state index >= 15 is 0 Å². The number of anilines is 1. The normalized spacial score (nSPS) is 21.0. The molecule has 3 atom stereocenters. The lowest BCUT2D eigenvalue weighted by molar-refractivity contribution is -0.138. The second-order valence-corrected chi connectivity index (χ2v) is 12.6. The summed E-state index contributed by atoms with van der Waals surface area (Å²) in [7, 11) is 1.74. The number of carbonyl (C=O) groups is 3. The van der Waals surface area contributed by atoms with Crippen LogP contribution in [0, 0.1) is 26.2 Å². The van der Waals surface area contributed by atoms with E-state index in [9.17, 15) is 14.4 Å². The smallest absolute Gasteiger partial charge is 0.248 e. The zero-order valence-corrected chi connectivity index (χ0v) is 27.1. The van der Waals surface area contributed by atoms with Gasteiger partial charge in [-0.05, 0) is 91.4 Å². The van der Waals surface area contributed by atoms with Crippen molar-refractivity contribution in [1.29, 1.82) is 0 Å². The Morgan fingerprint density at radius 1 is 1.05 bits per heavy atom. The number of nitrogens with zero attached hydrogens (tertiary/aromatic N) is 7. The third kappa shape index (κ3) is 5.00. The molecule has 1 aromatic carbocycles. The lowest BCUT2D eigenvalue weighted by Gasteiger charge is -2.27. The number of hydrogen-bond donors (Lipinski definition) is 1. The van der Waals surface area contributed by atoms with Crippen LogP contribution < -0.4 is 5.32 Å². The molecule has 1 unspecified atom stereocenters. The molecule has 4 aromatic rings. The van der Waals surface area contributed by atoms with E-state index < -0.39 is 6.04 Å². The minimum absolute atomic E-state index is 0.121. The van der Waals surface area contributed by atoms with E-state index in [1.807, 2.05) is 52.0 Å². The Balaban J connectivity index is 1.35. The van der Waals surface area contributed by atoms with Crippen LogP contribution in [0.5, 0.6) is 0 Å². The summed E-state index contributed by atoms with van der Waals surface area (Å²) in [6, 6.07) is 6.70. The maximum Gasteiger partial charge on any atom is 0.248 e. The number of amides is 2. The number of piperidine rings is 1. The molecule has 2 amide bonds. The fourth-order valence-electron chi connectivity index (χ4n) is 6.51. The topological polar surface area (TPSA) is 135 Å². The number of aromatic nitrogens is 5. The summed E-state index contributed by atoms with van der Waals surface area (Å²) in [4.78, 5) is 59.8. The summed E-state index contributed by atoms with van der Waals surface area (Å²) >= 11 is 3.37. The van der Waals surface area contributed by atoms with E-state index in [0.717, 1.165) is 34.4 Å². The molecule has 1 N–H and O–H groups in total. The Morgan fingerprint density at radius 3 is 2.45 bits per heavy atom. The number of Topliss-reactive ketones (excluding diaryl/α,β-unsaturated/α-hetero) is 1. The summed E-state index contributed by atoms with van der Waals surface area (Å²) in [5.74, 6) is 0.371. The first kappa shape index (κ1) is 29.7. The third-order valence-corrected chi connectivity index (χ3v) is 9.42. The minimum Gasteiger partial charge on any atom is -0.325 e. The van der Waals surface area contributed by atoms with Crippen LogP contribution in [-0.4, -0.2) is 72.1 Å². The van der Waals surface area contributed by atoms with Gasteiger partial charge in [-0.1, -0.05) is 6.07 Å². The number of hydrogen-bond acceptors (Lipinski definition) is 8. The Kier molecular flexibility index (Phi) is 7.43. The molecule has 6 rings (SSSR count). The fourth-order valence-corrected chi connectivity index (χ4v) is 6.82. The van der Waals surface area contributed by atoms with Gasteiger partial charge in [-0.15, -0.1) is 0 Å². The Morgan fingerprint density at radius 2 is 1.77 bits per heavy atom. The van der Waals surface area contributed by atoms with Gasteiger partial charge in [-0.25, -0.2) is 15.0 Å². The number of aliphatic imine (C=N–C) groups is 1. The van der Waals surface area contributed by atoms with Gasteiger partial charge in [0.1, 0.15) is 34.5 Å². The Bertz CT molecular complexity index is 1880. The number of nitrogens with one attached hydrogen (secondary N) is 1. The number of aryl methyl sites for hydroxylation is 3. The lowest BCUT2D eigenvalue weighted by Crippen LogP contribution is -2.47. The number of likely N-dealkylation sites (tertiary alicyclic amines) is 1. The van der Waals surface area contributed by atoms with Gasteiger partial charge in [0, 0.05) is 54.5 Å². The summed E-state index contributed by atoms with van der Waals surface area (Å²) in [6.07, 6.45) is 4.72. The maximum atomic E-state index is 14.2. The van der Waals surface area contributed by atoms with E-state index in [1.165, 1.54) is 6.92 Å². The standard InChI is InChI=1S/C32H33BrN8O3/c1-16-7-8-26(33)37-30(16)38-31(44)24-11-32(19(4)34-6)12-25(32)41(24)27(43)15-40-29-17(2)9-21(22-13-35-20(5)36-14-22)10-23(29)28(39-40)18(3)42/h7-10,13-14,24-25H,11-12,15H2,1-6H3,(H,37,38,44)/b34-19+/t24-,25?,32-/m0/s1. The predicted molar refractivity (Wildman–Crippen MR) is 171 cm³/mol. The van der Waals surface area contributed by atoms with Crippen LogP contribution in [0.4, 0.5) is 5.82 Å². The molecule has 2 fully saturated rings. The molecule has 0 radical (unpaired) electrons. The van der Waals surface area contributed by atoms with Gasteiger partial charge in [-0.2, -0.15) is 5.10 Å². The fraction of sp³-hybridized carbons (Fsp3) is 0.375. The van der Waals surface area contributed by atoms with Gasteiger partial charge in [0.25, 0.3) is 0 Å². The lowest BCUT2D eigenvalue weighted by atomic mass is 9.94. The largest absolute Gasteiger partial charge is 0.325 e. The zero-order chi connectivity index (χ0) is 31.5. The molecule has 3 aromatic heterocycles. The van der Waals surface area contributed by atoms with E-state index in [4.69, 9.17) is 0 Å². The van der Waals surface area contributed by atoms with Crippen molar-refractivity contribution < 1.29 is 14.4 Å². The number of rotatable bonds is 7. The van der Waals surface area contributed by atoms with E-state index in [1.54, 1.807) is 29.0 Å². The van der Waals surface area contributed by atoms with Gasteiger partial charge < -0.3 is 10.2 Å². The molecule has 11 nitrogen and oxygen atoms in total. The molecule has 2 aliphatic rings. The number of pyridine rings is 1. The molecule has 0 bridgehead atoms. The summed E-state index contributed by atoms with van der Waals surface area (Å²) in [5.41, 5.74) is 4.92. The van der Waals surface area contributed by atoms with Gasteiger partial charge in [0.2, 0.25) is 11.8 Å². The first-order valence-corrected chi connectivity index (χ1v) is 15.2. The van der Waals surface area contributed by atoms with Gasteiger partial charge >= 0.3 is 0 Å². The first-order valence-electron chi connectivity index (χ1n) is 14.4. The summed E-state index contributed by atoms with van der Waals surface area (Å²) in [5, 5.41) is 8.23. The molecular formula is C32H33BrN8O3. The zero-order valence-electron chi connectivity index (χ0n) is 25.5. The monoisotopic (exact) mass is 656 g/mol. The van der Waals surface area contributed by atoms with Crippen LogP contribution in [0.25, 0.3) is 22.0 Å². The van der Waals surface area contributed by atoms with Crippen molar-refractivity contribution in [2.45, 2.75) is 66.1 Å². The van der Waals surface area contributed by atoms with Gasteiger partial charge in [0.15, 0.2) is 5.78 Å². The van der Waals surface area contributed by atoms with Gasteiger partial charge in [0.05, 0.1) is 5.52 Å². The molecule has 44 heavy (non-hydrogen) atoms. The quantitative estimate of drug-likeness (QED) is 0.170. The summed E-state index contributed by atoms with van der Waals surface area (Å²) in [6.45, 7) is 8.93. The average molecular weight is 658 g/mol. The Hall–Kier alpha value is -4.32. The van der Waals surface area contributed by atoms with Crippen molar-refractivity contribution in [2.24, 2.45) is 10.4 Å². The van der Waals surface area contributed by atoms with Crippen molar-refractivity contribution in [3.05, 3.63) is 63.9 Å². The van der Waals surface area contributed by atoms with Crippen LogP contribution >= 0.6 is 15.9 Å². The predicted octanol–water partition coefficient (Wildman–Crippen LogP) is 4.87. The maximum absolute atomic E-state index is 14.2. The number of fused-ring (bicyclic) bond motifs is 2. The van der Waals surface area contributed by atoms with E-state index in [-0.39, 0.29) is 41.3 Å². The van der Waals surface area contributed by atoms with E-state index in [0.29, 0.717) is 33.6 Å². The average Bonchev–Trinajstić information content (AvgIpc) is 3.42. The summed E-state index contributed by atoms with van der Waals surface area (Å²) < 4.78 is 2.20. The van der Waals surface area contributed by atoms with Crippen molar-refractivity contribution >= 4 is 56.0 Å². The molecule has 4 heterocycles. The molecule has 1 aliphatic carbocycles. The number of carbonyl (C=O) groups excluding carboxylic acids is 3. The number of ketones is 1. The SMILES string of the molecule is C/N=C(\C)[C@]12CC1N(C(=O)Cn1nc(C(C)=O)c3cc(-c4cnc(C)nc4)cc(C)c31)[C@H](C(=O)Nc1nc(Br)ccc1C)C2. The second kappa shape index (κ2) is 11.0. The van der Waals surface area contributed by atoms with Crippen molar-refractivity contribution in [2.75, 3.05) is 12.4 Å². The molecule has 1 aliphatic heterocycles. The highest BCUT2D eigenvalue weighted by atomic mass is 79.9. The number of benzene rings is 1. The molecule has 226 valence electrons. The van der Waals surface area contributed by atoms with Crippen molar-refractivity contribution in [3.8, 4) is 11.1 Å². The van der Waals surface area contributed by atoms with Crippen molar-refractivity contribution in [1.82, 2.24) is 29.6 Å². The van der Waals surface area contributed by atoms with Crippen LogP contribution in [-0.2, 0) is 16.1 Å². The molecule has 1 saturated carbocycles. The first-order chi connectivity index (χ1) is 20.9. The van der Waals surface area contributed by atoms with Crippen molar-refractivity contribution in [3.63, 3.8) is 0 Å². The minimum atomic E-state index is -0.707. The second-order valence-electron chi connectivity index (χ2n) is 11.8. The molecular weight excluding hydrogens is 624 g/mol. The third-order valence-electron chi connectivity index (χ3n) is 8.98. The highest BCUT2D eigenvalue weighted by Crippen LogP contribution is 2.60. The van der Waals surface area contributed by atoms with Crippen LogP contribution in [0.1, 0.15) is 54.1 Å². The molecule has 1 saturated heterocycles. The van der Waals surface area contributed by atoms with Crippen LogP contribution in [0.15, 0.2) is 46.3 Å². The van der Waals surface area contributed by atoms with Crippen LogP contribution in [0.2, 0.25) is 0 Å². The van der Waals surface area contributed by atoms with E-state index in [2.05, 4.69) is 46.3 Å². The molecule has 12 heteroatoms. The highest BCUT2D eigenvalue weighted by molar-refractivity contribution is 9.10.